The molecular formula is C14H16O2. The predicted octanol–water partition coefficient (Wildman–Crippen LogP) is 2.60. The van der Waals surface area contributed by atoms with Crippen LogP contribution in [0.15, 0.2) is 36.4 Å². The van der Waals surface area contributed by atoms with E-state index in [-0.39, 0.29) is 17.6 Å². The zero-order valence-corrected chi connectivity index (χ0v) is 9.55. The average Bonchev–Trinajstić information content (AvgIpc) is 2.50. The number of aliphatic hydroxyl groups is 1. The van der Waals surface area contributed by atoms with Gasteiger partial charge in [-0.15, -0.1) is 0 Å². The number of ketones is 1. The van der Waals surface area contributed by atoms with Crippen LogP contribution in [0.5, 0.6) is 0 Å². The van der Waals surface area contributed by atoms with E-state index in [1.54, 1.807) is 13.0 Å². The molecule has 0 aliphatic heterocycles. The van der Waals surface area contributed by atoms with Gasteiger partial charge in [-0.2, -0.15) is 0 Å². The molecule has 2 rings (SSSR count). The molecule has 0 aromatic heterocycles. The first-order chi connectivity index (χ1) is 7.61. The van der Waals surface area contributed by atoms with Crippen LogP contribution in [0.25, 0.3) is 0 Å². The SMILES string of the molecule is CC(=O)/C=C/[C@H]1c2ccccc2[C@@H](O)[C@@H]1C. The minimum Gasteiger partial charge on any atom is -0.388 e. The topological polar surface area (TPSA) is 37.3 Å². The van der Waals surface area contributed by atoms with Crippen molar-refractivity contribution < 1.29 is 9.90 Å². The Morgan fingerprint density at radius 3 is 2.56 bits per heavy atom. The zero-order valence-electron chi connectivity index (χ0n) is 9.55. The van der Waals surface area contributed by atoms with Gasteiger partial charge in [-0.1, -0.05) is 37.3 Å². The smallest absolute Gasteiger partial charge is 0.152 e. The second-order valence-corrected chi connectivity index (χ2v) is 4.43. The number of allylic oxidation sites excluding steroid dienone is 2. The summed E-state index contributed by atoms with van der Waals surface area (Å²) in [5.41, 5.74) is 2.13. The number of fused-ring (bicyclic) bond motifs is 1. The summed E-state index contributed by atoms with van der Waals surface area (Å²) in [4.78, 5) is 11.0. The van der Waals surface area contributed by atoms with E-state index in [2.05, 4.69) is 0 Å². The van der Waals surface area contributed by atoms with Crippen LogP contribution in [-0.2, 0) is 4.79 Å². The standard InChI is InChI=1S/C14H16O2/c1-9(15)7-8-11-10(2)14(16)13-6-4-3-5-12(11)13/h3-8,10-11,14,16H,1-2H3/b8-7+/t10-,11-,14+/m1/s1. The van der Waals surface area contributed by atoms with Crippen molar-refractivity contribution in [2.45, 2.75) is 25.9 Å². The van der Waals surface area contributed by atoms with Gasteiger partial charge in [-0.05, 0) is 30.0 Å². The maximum Gasteiger partial charge on any atom is 0.152 e. The van der Waals surface area contributed by atoms with Crippen molar-refractivity contribution >= 4 is 5.78 Å². The molecule has 0 heterocycles. The third kappa shape index (κ3) is 1.81. The molecule has 0 bridgehead atoms. The van der Waals surface area contributed by atoms with Crippen molar-refractivity contribution in [3.63, 3.8) is 0 Å². The number of benzene rings is 1. The van der Waals surface area contributed by atoms with Crippen molar-refractivity contribution in [2.75, 3.05) is 0 Å². The molecule has 0 unspecified atom stereocenters. The van der Waals surface area contributed by atoms with E-state index in [4.69, 9.17) is 0 Å². The minimum atomic E-state index is -0.419. The monoisotopic (exact) mass is 216 g/mol. The Hall–Kier alpha value is -1.41. The van der Waals surface area contributed by atoms with E-state index in [0.717, 1.165) is 11.1 Å². The van der Waals surface area contributed by atoms with Crippen LogP contribution >= 0.6 is 0 Å². The van der Waals surface area contributed by atoms with Gasteiger partial charge >= 0.3 is 0 Å². The number of rotatable bonds is 2. The third-order valence-corrected chi connectivity index (χ3v) is 3.28. The maximum atomic E-state index is 11.0. The fraction of sp³-hybridized carbons (Fsp3) is 0.357. The summed E-state index contributed by atoms with van der Waals surface area (Å²) in [5.74, 6) is 0.328. The van der Waals surface area contributed by atoms with Crippen molar-refractivity contribution in [3.8, 4) is 0 Å². The molecule has 84 valence electrons. The first-order valence-corrected chi connectivity index (χ1v) is 5.57. The number of carbonyl (C=O) groups is 1. The fourth-order valence-corrected chi connectivity index (χ4v) is 2.36. The van der Waals surface area contributed by atoms with Gasteiger partial charge in [0.25, 0.3) is 0 Å². The number of hydrogen-bond donors (Lipinski definition) is 1. The average molecular weight is 216 g/mol. The second kappa shape index (κ2) is 4.22. The highest BCUT2D eigenvalue weighted by molar-refractivity contribution is 5.87. The lowest BCUT2D eigenvalue weighted by Gasteiger charge is -2.14. The lowest BCUT2D eigenvalue weighted by molar-refractivity contribution is -0.112. The highest BCUT2D eigenvalue weighted by atomic mass is 16.3. The third-order valence-electron chi connectivity index (χ3n) is 3.28. The van der Waals surface area contributed by atoms with Crippen LogP contribution < -0.4 is 0 Å². The summed E-state index contributed by atoms with van der Waals surface area (Å²) < 4.78 is 0. The van der Waals surface area contributed by atoms with Gasteiger partial charge in [0.2, 0.25) is 0 Å². The molecule has 0 spiro atoms. The molecule has 1 aromatic carbocycles. The molecule has 0 fully saturated rings. The first-order valence-electron chi connectivity index (χ1n) is 5.57. The van der Waals surface area contributed by atoms with Crippen LogP contribution in [0.3, 0.4) is 0 Å². The molecule has 2 nitrogen and oxygen atoms in total. The lowest BCUT2D eigenvalue weighted by Crippen LogP contribution is -2.06. The molecule has 3 atom stereocenters. The van der Waals surface area contributed by atoms with Gasteiger partial charge in [0.15, 0.2) is 5.78 Å². The van der Waals surface area contributed by atoms with Crippen molar-refractivity contribution in [1.82, 2.24) is 0 Å². The summed E-state index contributed by atoms with van der Waals surface area (Å²) in [7, 11) is 0. The van der Waals surface area contributed by atoms with Crippen LogP contribution in [0.2, 0.25) is 0 Å². The van der Waals surface area contributed by atoms with E-state index in [0.29, 0.717) is 0 Å². The van der Waals surface area contributed by atoms with E-state index >= 15 is 0 Å². The number of aliphatic hydroxyl groups excluding tert-OH is 1. The maximum absolute atomic E-state index is 11.0. The normalized spacial score (nSPS) is 28.3. The largest absolute Gasteiger partial charge is 0.388 e. The predicted molar refractivity (Wildman–Crippen MR) is 63.1 cm³/mol. The summed E-state index contributed by atoms with van der Waals surface area (Å²) in [6.07, 6.45) is 3.08. The van der Waals surface area contributed by atoms with Crippen LogP contribution in [0.4, 0.5) is 0 Å². The van der Waals surface area contributed by atoms with E-state index < -0.39 is 6.10 Å². The molecule has 0 saturated heterocycles. The highest BCUT2D eigenvalue weighted by Crippen LogP contribution is 2.45. The van der Waals surface area contributed by atoms with Gasteiger partial charge in [-0.3, -0.25) is 4.79 Å². The molecule has 1 aromatic rings. The molecular weight excluding hydrogens is 200 g/mol. The molecule has 0 radical (unpaired) electrons. The first kappa shape index (κ1) is 11.1. The van der Waals surface area contributed by atoms with Crippen LogP contribution in [0, 0.1) is 5.92 Å². The number of carbonyl (C=O) groups excluding carboxylic acids is 1. The summed E-state index contributed by atoms with van der Waals surface area (Å²) in [6.45, 7) is 3.55. The highest BCUT2D eigenvalue weighted by Gasteiger charge is 2.34. The molecule has 0 saturated carbocycles. The quantitative estimate of drug-likeness (QED) is 0.771. The van der Waals surface area contributed by atoms with Crippen molar-refractivity contribution in [2.24, 2.45) is 5.92 Å². The molecule has 2 heteroatoms. The second-order valence-electron chi connectivity index (χ2n) is 4.43. The van der Waals surface area contributed by atoms with Gasteiger partial charge in [0.1, 0.15) is 0 Å². The Morgan fingerprint density at radius 1 is 1.31 bits per heavy atom. The van der Waals surface area contributed by atoms with Gasteiger partial charge < -0.3 is 5.11 Å². The Kier molecular flexibility index (Phi) is 2.92. The van der Waals surface area contributed by atoms with Crippen molar-refractivity contribution in [3.05, 3.63) is 47.5 Å². The van der Waals surface area contributed by atoms with E-state index in [9.17, 15) is 9.90 Å². The zero-order chi connectivity index (χ0) is 11.7. The summed E-state index contributed by atoms with van der Waals surface area (Å²) >= 11 is 0. The molecule has 16 heavy (non-hydrogen) atoms. The van der Waals surface area contributed by atoms with Gasteiger partial charge in [0.05, 0.1) is 6.10 Å². The molecule has 0 amide bonds. The Labute approximate surface area is 95.6 Å². The van der Waals surface area contributed by atoms with Crippen LogP contribution in [-0.4, -0.2) is 10.9 Å². The Balaban J connectivity index is 2.37. The number of hydrogen-bond acceptors (Lipinski definition) is 2. The minimum absolute atomic E-state index is 0.0473. The summed E-state index contributed by atoms with van der Waals surface area (Å²) in [6, 6.07) is 7.89. The molecule has 1 N–H and O–H groups in total. The lowest BCUT2D eigenvalue weighted by atomic mass is 9.93. The van der Waals surface area contributed by atoms with Crippen molar-refractivity contribution in [1.29, 1.82) is 0 Å². The van der Waals surface area contributed by atoms with Gasteiger partial charge in [-0.25, -0.2) is 0 Å². The Morgan fingerprint density at radius 2 is 1.94 bits per heavy atom. The summed E-state index contributed by atoms with van der Waals surface area (Å²) in [5, 5.41) is 10.1. The molecule has 1 aliphatic rings. The Bertz CT molecular complexity index is 434. The molecule has 1 aliphatic carbocycles. The van der Waals surface area contributed by atoms with Gasteiger partial charge in [0, 0.05) is 5.92 Å². The fourth-order valence-electron chi connectivity index (χ4n) is 2.36. The van der Waals surface area contributed by atoms with E-state index in [1.165, 1.54) is 0 Å². The van der Waals surface area contributed by atoms with E-state index in [1.807, 2.05) is 37.3 Å². The van der Waals surface area contributed by atoms with Crippen LogP contribution in [0.1, 0.15) is 37.0 Å².